The van der Waals surface area contributed by atoms with Crippen LogP contribution >= 0.6 is 0 Å². The number of benzene rings is 1. The highest BCUT2D eigenvalue weighted by molar-refractivity contribution is 5.98. The monoisotopic (exact) mass is 334 g/mol. The zero-order valence-electron chi connectivity index (χ0n) is 15.6. The number of nitrogen functional groups attached to an aromatic ring is 1. The lowest BCUT2D eigenvalue weighted by molar-refractivity contribution is 0.384. The number of anilines is 1. The van der Waals surface area contributed by atoms with Gasteiger partial charge in [0.05, 0.1) is 5.69 Å². The third-order valence-electron chi connectivity index (χ3n) is 5.59. The Hall–Kier alpha value is -2.33. The zero-order valence-corrected chi connectivity index (χ0v) is 15.6. The molecule has 0 bridgehead atoms. The van der Waals surface area contributed by atoms with Crippen LogP contribution in [-0.2, 0) is 19.4 Å². The molecule has 0 unspecified atom stereocenters. The highest BCUT2D eigenvalue weighted by Crippen LogP contribution is 2.40. The predicted molar refractivity (Wildman–Crippen MR) is 105 cm³/mol. The molecule has 0 atom stereocenters. The molecule has 0 saturated heterocycles. The normalized spacial score (nSPS) is 13.3. The SMILES string of the molecule is Cc1c(C)n(CCN(C)C)c2nc3c(c(N)c12)CCc1ccccc1-3. The second kappa shape index (κ2) is 5.88. The summed E-state index contributed by atoms with van der Waals surface area (Å²) in [6.07, 6.45) is 2.02. The third kappa shape index (κ3) is 2.44. The van der Waals surface area contributed by atoms with Gasteiger partial charge in [0.25, 0.3) is 0 Å². The van der Waals surface area contributed by atoms with Crippen molar-refractivity contribution in [1.29, 1.82) is 0 Å². The van der Waals surface area contributed by atoms with Gasteiger partial charge in [-0.1, -0.05) is 24.3 Å². The molecule has 4 nitrogen and oxygen atoms in total. The van der Waals surface area contributed by atoms with Crippen molar-refractivity contribution < 1.29 is 0 Å². The van der Waals surface area contributed by atoms with Crippen LogP contribution in [0.25, 0.3) is 22.3 Å². The first-order valence-electron chi connectivity index (χ1n) is 8.99. The van der Waals surface area contributed by atoms with E-state index in [2.05, 4.69) is 61.7 Å². The molecular weight excluding hydrogens is 308 g/mol. The van der Waals surface area contributed by atoms with E-state index in [0.29, 0.717) is 0 Å². The molecule has 4 heteroatoms. The van der Waals surface area contributed by atoms with E-state index >= 15 is 0 Å². The molecule has 130 valence electrons. The molecular formula is C21H26N4. The lowest BCUT2D eigenvalue weighted by atomic mass is 9.87. The van der Waals surface area contributed by atoms with E-state index < -0.39 is 0 Å². The molecule has 0 aliphatic heterocycles. The fourth-order valence-corrected chi connectivity index (χ4v) is 4.01. The van der Waals surface area contributed by atoms with E-state index in [1.54, 1.807) is 0 Å². The van der Waals surface area contributed by atoms with Crippen LogP contribution in [0.4, 0.5) is 5.69 Å². The van der Waals surface area contributed by atoms with Gasteiger partial charge < -0.3 is 15.2 Å². The predicted octanol–water partition coefficient (Wildman–Crippen LogP) is 3.56. The number of pyridine rings is 1. The summed E-state index contributed by atoms with van der Waals surface area (Å²) in [5.41, 5.74) is 16.1. The van der Waals surface area contributed by atoms with Crippen LogP contribution in [0.1, 0.15) is 22.4 Å². The van der Waals surface area contributed by atoms with Crippen molar-refractivity contribution in [1.82, 2.24) is 14.5 Å². The van der Waals surface area contributed by atoms with Gasteiger partial charge in [0.2, 0.25) is 0 Å². The van der Waals surface area contributed by atoms with E-state index in [0.717, 1.165) is 48.3 Å². The number of nitrogens with zero attached hydrogens (tertiary/aromatic N) is 3. The molecule has 2 N–H and O–H groups in total. The Labute approximate surface area is 149 Å². The maximum atomic E-state index is 6.67. The Morgan fingerprint density at radius 3 is 2.68 bits per heavy atom. The van der Waals surface area contributed by atoms with Crippen LogP contribution in [-0.4, -0.2) is 35.1 Å². The summed E-state index contributed by atoms with van der Waals surface area (Å²) in [6, 6.07) is 8.59. The molecule has 3 aromatic rings. The summed E-state index contributed by atoms with van der Waals surface area (Å²) in [6.45, 7) is 6.26. The van der Waals surface area contributed by atoms with Crippen molar-refractivity contribution in [2.24, 2.45) is 0 Å². The van der Waals surface area contributed by atoms with Crippen molar-refractivity contribution >= 4 is 16.7 Å². The van der Waals surface area contributed by atoms with E-state index in [1.165, 1.54) is 27.9 Å². The van der Waals surface area contributed by atoms with Crippen LogP contribution in [0.3, 0.4) is 0 Å². The number of hydrogen-bond donors (Lipinski definition) is 1. The maximum absolute atomic E-state index is 6.67. The molecule has 0 radical (unpaired) electrons. The number of fused-ring (bicyclic) bond motifs is 4. The minimum atomic E-state index is 0.927. The van der Waals surface area contributed by atoms with E-state index in [-0.39, 0.29) is 0 Å². The standard InChI is InChI=1S/C21H26N4/c1-13-14(2)25(12-11-24(3)4)21-18(13)19(22)17-10-9-15-7-5-6-8-16(15)20(17)23-21/h5-8H,9-12H2,1-4H3,(H2,22,23). The zero-order chi connectivity index (χ0) is 17.7. The number of aryl methyl sites for hydroxylation is 2. The second-order valence-corrected chi connectivity index (χ2v) is 7.37. The van der Waals surface area contributed by atoms with Gasteiger partial charge in [-0.2, -0.15) is 0 Å². The molecule has 0 amide bonds. The van der Waals surface area contributed by atoms with Gasteiger partial charge in [-0.25, -0.2) is 4.98 Å². The van der Waals surface area contributed by atoms with Gasteiger partial charge in [-0.05, 0) is 51.9 Å². The smallest absolute Gasteiger partial charge is 0.143 e. The Morgan fingerprint density at radius 1 is 1.16 bits per heavy atom. The highest BCUT2D eigenvalue weighted by Gasteiger charge is 2.24. The molecule has 1 aromatic carbocycles. The summed E-state index contributed by atoms with van der Waals surface area (Å²) >= 11 is 0. The minimum Gasteiger partial charge on any atom is -0.398 e. The average molecular weight is 334 g/mol. The average Bonchev–Trinajstić information content (AvgIpc) is 2.84. The fourth-order valence-electron chi connectivity index (χ4n) is 4.01. The third-order valence-corrected chi connectivity index (χ3v) is 5.59. The topological polar surface area (TPSA) is 47.1 Å². The molecule has 25 heavy (non-hydrogen) atoms. The van der Waals surface area contributed by atoms with E-state index in [9.17, 15) is 0 Å². The first-order valence-corrected chi connectivity index (χ1v) is 8.99. The van der Waals surface area contributed by atoms with Crippen molar-refractivity contribution in [3.05, 3.63) is 46.6 Å². The largest absolute Gasteiger partial charge is 0.398 e. The Balaban J connectivity index is 1.99. The first kappa shape index (κ1) is 16.2. The summed E-state index contributed by atoms with van der Waals surface area (Å²) < 4.78 is 2.33. The molecule has 0 fully saturated rings. The van der Waals surface area contributed by atoms with Gasteiger partial charge in [-0.15, -0.1) is 0 Å². The molecule has 0 saturated carbocycles. The maximum Gasteiger partial charge on any atom is 0.143 e. The number of likely N-dealkylation sites (N-methyl/N-ethyl adjacent to an activating group) is 1. The minimum absolute atomic E-state index is 0.927. The van der Waals surface area contributed by atoms with Gasteiger partial charge >= 0.3 is 0 Å². The Kier molecular flexibility index (Phi) is 3.80. The first-order chi connectivity index (χ1) is 12.0. The van der Waals surface area contributed by atoms with Crippen molar-refractivity contribution in [2.45, 2.75) is 33.2 Å². The summed E-state index contributed by atoms with van der Waals surface area (Å²) in [7, 11) is 4.21. The van der Waals surface area contributed by atoms with Crippen molar-refractivity contribution in [3.63, 3.8) is 0 Å². The number of nitrogens with two attached hydrogens (primary N) is 1. The summed E-state index contributed by atoms with van der Waals surface area (Å²) in [5, 5.41) is 1.15. The summed E-state index contributed by atoms with van der Waals surface area (Å²) in [4.78, 5) is 7.35. The van der Waals surface area contributed by atoms with Crippen LogP contribution in [0, 0.1) is 13.8 Å². The lowest BCUT2D eigenvalue weighted by Crippen LogP contribution is -2.19. The van der Waals surface area contributed by atoms with Gasteiger partial charge in [0.15, 0.2) is 0 Å². The van der Waals surface area contributed by atoms with E-state index in [4.69, 9.17) is 10.7 Å². The Bertz CT molecular complexity index is 966. The molecule has 1 aliphatic rings. The van der Waals surface area contributed by atoms with Crippen LogP contribution < -0.4 is 5.73 Å². The lowest BCUT2D eigenvalue weighted by Gasteiger charge is -2.21. The fraction of sp³-hybridized carbons (Fsp3) is 0.381. The van der Waals surface area contributed by atoms with Gasteiger partial charge in [0.1, 0.15) is 5.65 Å². The van der Waals surface area contributed by atoms with Gasteiger partial charge in [-0.3, -0.25) is 0 Å². The molecule has 4 rings (SSSR count). The number of hydrogen-bond acceptors (Lipinski definition) is 3. The molecule has 2 heterocycles. The van der Waals surface area contributed by atoms with E-state index in [1.807, 2.05) is 0 Å². The van der Waals surface area contributed by atoms with Crippen LogP contribution in [0.15, 0.2) is 24.3 Å². The summed E-state index contributed by atoms with van der Waals surface area (Å²) in [5.74, 6) is 0. The number of aromatic nitrogens is 2. The molecule has 0 spiro atoms. The molecule has 1 aliphatic carbocycles. The number of rotatable bonds is 3. The van der Waals surface area contributed by atoms with Crippen molar-refractivity contribution in [3.8, 4) is 11.3 Å². The van der Waals surface area contributed by atoms with Crippen LogP contribution in [0.5, 0.6) is 0 Å². The quantitative estimate of drug-likeness (QED) is 0.796. The highest BCUT2D eigenvalue weighted by atomic mass is 15.1. The molecule has 2 aromatic heterocycles. The Morgan fingerprint density at radius 2 is 1.92 bits per heavy atom. The van der Waals surface area contributed by atoms with Crippen molar-refractivity contribution in [2.75, 3.05) is 26.4 Å². The second-order valence-electron chi connectivity index (χ2n) is 7.37. The van der Waals surface area contributed by atoms with Crippen LogP contribution in [0.2, 0.25) is 0 Å². The van der Waals surface area contributed by atoms with Gasteiger partial charge in [0, 0.05) is 41.0 Å².